The zero-order valence-corrected chi connectivity index (χ0v) is 12.4. The molecule has 1 amide bonds. The van der Waals surface area contributed by atoms with Crippen molar-refractivity contribution in [3.63, 3.8) is 0 Å². The van der Waals surface area contributed by atoms with Crippen LogP contribution < -0.4 is 0 Å². The van der Waals surface area contributed by atoms with Crippen LogP contribution in [0.1, 0.15) is 48.4 Å². The Morgan fingerprint density at radius 2 is 2.15 bits per heavy atom. The largest absolute Gasteiger partial charge is 0.481 e. The summed E-state index contributed by atoms with van der Waals surface area (Å²) in [6, 6.07) is 4.08. The van der Waals surface area contributed by atoms with Gasteiger partial charge < -0.3 is 10.0 Å². The van der Waals surface area contributed by atoms with Gasteiger partial charge in [0.2, 0.25) is 5.91 Å². The summed E-state index contributed by atoms with van der Waals surface area (Å²) in [6.45, 7) is 2.09. The number of thiophene rings is 1. The summed E-state index contributed by atoms with van der Waals surface area (Å²) in [6.07, 6.45) is 3.81. The highest BCUT2D eigenvalue weighted by Crippen LogP contribution is 2.45. The Bertz CT molecular complexity index is 535. The molecule has 108 valence electrons. The first-order chi connectivity index (χ1) is 9.61. The average Bonchev–Trinajstić information content (AvgIpc) is 3.15. The Labute approximate surface area is 122 Å². The molecule has 1 aromatic rings. The molecule has 20 heavy (non-hydrogen) atoms. The van der Waals surface area contributed by atoms with Crippen molar-refractivity contribution in [1.82, 2.24) is 4.90 Å². The number of hydrogen-bond acceptors (Lipinski definition) is 3. The number of hydrogen-bond donors (Lipinski definition) is 1. The van der Waals surface area contributed by atoms with E-state index in [1.165, 1.54) is 4.88 Å². The van der Waals surface area contributed by atoms with E-state index in [2.05, 4.69) is 13.0 Å². The van der Waals surface area contributed by atoms with E-state index in [0.717, 1.165) is 24.1 Å². The van der Waals surface area contributed by atoms with Crippen LogP contribution in [-0.2, 0) is 16.0 Å². The second-order valence-electron chi connectivity index (χ2n) is 5.62. The van der Waals surface area contributed by atoms with Gasteiger partial charge in [0.25, 0.3) is 0 Å². The van der Waals surface area contributed by atoms with Gasteiger partial charge in [0.1, 0.15) is 0 Å². The normalized spacial score (nSPS) is 26.9. The molecule has 1 saturated carbocycles. The van der Waals surface area contributed by atoms with Crippen LogP contribution in [0.25, 0.3) is 0 Å². The van der Waals surface area contributed by atoms with Crippen LogP contribution in [0.3, 0.4) is 0 Å². The van der Waals surface area contributed by atoms with Crippen LogP contribution >= 0.6 is 11.3 Å². The summed E-state index contributed by atoms with van der Waals surface area (Å²) < 4.78 is 0. The second kappa shape index (κ2) is 5.20. The van der Waals surface area contributed by atoms with E-state index in [9.17, 15) is 14.7 Å². The number of nitrogens with zero attached hydrogens (tertiary/aromatic N) is 1. The van der Waals surface area contributed by atoms with Crippen molar-refractivity contribution in [2.45, 2.75) is 51.1 Å². The van der Waals surface area contributed by atoms with Gasteiger partial charge in [0.05, 0.1) is 12.0 Å². The summed E-state index contributed by atoms with van der Waals surface area (Å²) in [5.41, 5.74) is 0. The molecule has 1 aliphatic carbocycles. The van der Waals surface area contributed by atoms with Gasteiger partial charge in [-0.1, -0.05) is 6.92 Å². The van der Waals surface area contributed by atoms with Crippen LogP contribution in [0, 0.1) is 5.92 Å². The monoisotopic (exact) mass is 293 g/mol. The van der Waals surface area contributed by atoms with Crippen LogP contribution in [-0.4, -0.2) is 27.9 Å². The smallest absolute Gasteiger partial charge is 0.308 e. The zero-order valence-electron chi connectivity index (χ0n) is 11.5. The Morgan fingerprint density at radius 1 is 1.40 bits per heavy atom. The summed E-state index contributed by atoms with van der Waals surface area (Å²) in [5, 5.41) is 9.51. The lowest BCUT2D eigenvalue weighted by atomic mass is 9.87. The molecule has 2 unspecified atom stereocenters. The molecule has 1 aliphatic heterocycles. The van der Waals surface area contributed by atoms with Crippen molar-refractivity contribution in [2.75, 3.05) is 0 Å². The molecule has 2 fully saturated rings. The van der Waals surface area contributed by atoms with Crippen molar-refractivity contribution in [1.29, 1.82) is 0 Å². The molecule has 3 rings (SSSR count). The minimum Gasteiger partial charge on any atom is -0.481 e. The molecule has 1 N–H and O–H groups in total. The van der Waals surface area contributed by atoms with Crippen molar-refractivity contribution in [3.05, 3.63) is 21.9 Å². The van der Waals surface area contributed by atoms with Gasteiger partial charge in [-0.3, -0.25) is 9.59 Å². The van der Waals surface area contributed by atoms with Gasteiger partial charge in [-0.2, -0.15) is 0 Å². The first-order valence-electron chi connectivity index (χ1n) is 7.24. The number of aryl methyl sites for hydroxylation is 1. The molecule has 0 aromatic carbocycles. The summed E-state index contributed by atoms with van der Waals surface area (Å²) in [5.74, 6) is -1.11. The highest BCUT2D eigenvalue weighted by molar-refractivity contribution is 7.12. The maximum absolute atomic E-state index is 12.2. The van der Waals surface area contributed by atoms with Gasteiger partial charge >= 0.3 is 5.97 Å². The lowest BCUT2D eigenvalue weighted by Gasteiger charge is -2.39. The summed E-state index contributed by atoms with van der Waals surface area (Å²) in [7, 11) is 0. The average molecular weight is 293 g/mol. The van der Waals surface area contributed by atoms with E-state index in [0.29, 0.717) is 12.8 Å². The number of carbonyl (C=O) groups excluding carboxylic acids is 1. The molecule has 0 radical (unpaired) electrons. The van der Waals surface area contributed by atoms with E-state index in [-0.39, 0.29) is 18.0 Å². The van der Waals surface area contributed by atoms with Crippen LogP contribution in [0.5, 0.6) is 0 Å². The third-order valence-electron chi connectivity index (χ3n) is 4.22. The molecular formula is C15H19NO3S. The van der Waals surface area contributed by atoms with Crippen LogP contribution in [0.4, 0.5) is 0 Å². The Morgan fingerprint density at radius 3 is 2.70 bits per heavy atom. The molecule has 4 nitrogen and oxygen atoms in total. The van der Waals surface area contributed by atoms with Crippen LogP contribution in [0.2, 0.25) is 0 Å². The third kappa shape index (κ3) is 2.35. The molecule has 2 heterocycles. The van der Waals surface area contributed by atoms with Crippen LogP contribution in [0.15, 0.2) is 12.1 Å². The Kier molecular flexibility index (Phi) is 3.54. The standard InChI is InChI=1S/C15H19NO3S/c1-2-10-5-7-12(20-10)14-11(15(18)19)6-8-13(17)16(14)9-3-4-9/h5,7,9,11,14H,2-4,6,8H2,1H3,(H,18,19). The number of carbonyl (C=O) groups is 2. The minimum atomic E-state index is -0.778. The van der Waals surface area contributed by atoms with Gasteiger partial charge in [0, 0.05) is 22.2 Å². The Hall–Kier alpha value is -1.36. The van der Waals surface area contributed by atoms with Crippen molar-refractivity contribution in [3.8, 4) is 0 Å². The number of aliphatic carboxylic acids is 1. The molecular weight excluding hydrogens is 274 g/mol. The third-order valence-corrected chi connectivity index (χ3v) is 5.52. The number of carboxylic acid groups (broad SMARTS) is 1. The first-order valence-corrected chi connectivity index (χ1v) is 8.06. The van der Waals surface area contributed by atoms with Crippen molar-refractivity contribution < 1.29 is 14.7 Å². The van der Waals surface area contributed by atoms with E-state index >= 15 is 0 Å². The molecule has 0 spiro atoms. The lowest BCUT2D eigenvalue weighted by Crippen LogP contribution is -2.46. The van der Waals surface area contributed by atoms with E-state index in [4.69, 9.17) is 0 Å². The number of piperidine rings is 1. The number of likely N-dealkylation sites (tertiary alicyclic amines) is 1. The fourth-order valence-corrected chi connectivity index (χ4v) is 4.15. The minimum absolute atomic E-state index is 0.126. The van der Waals surface area contributed by atoms with E-state index in [1.54, 1.807) is 11.3 Å². The number of amides is 1. The fraction of sp³-hybridized carbons (Fsp3) is 0.600. The topological polar surface area (TPSA) is 57.6 Å². The second-order valence-corrected chi connectivity index (χ2v) is 6.82. The SMILES string of the molecule is CCc1ccc(C2C(C(=O)O)CCC(=O)N2C2CC2)s1. The molecule has 1 saturated heterocycles. The first kappa shape index (κ1) is 13.6. The van der Waals surface area contributed by atoms with Gasteiger partial charge in [-0.25, -0.2) is 0 Å². The molecule has 0 bridgehead atoms. The van der Waals surface area contributed by atoms with Gasteiger partial charge in [-0.05, 0) is 37.8 Å². The summed E-state index contributed by atoms with van der Waals surface area (Å²) >= 11 is 1.65. The predicted octanol–water partition coefficient (Wildman–Crippen LogP) is 2.84. The molecule has 2 atom stereocenters. The number of carboxylic acids is 1. The number of rotatable bonds is 4. The van der Waals surface area contributed by atoms with E-state index in [1.807, 2.05) is 11.0 Å². The lowest BCUT2D eigenvalue weighted by molar-refractivity contribution is -0.152. The zero-order chi connectivity index (χ0) is 14.3. The highest BCUT2D eigenvalue weighted by atomic mass is 32.1. The van der Waals surface area contributed by atoms with Crippen molar-refractivity contribution >= 4 is 23.2 Å². The maximum atomic E-state index is 12.2. The van der Waals surface area contributed by atoms with Gasteiger partial charge in [0.15, 0.2) is 0 Å². The fourth-order valence-electron chi connectivity index (χ4n) is 3.04. The maximum Gasteiger partial charge on any atom is 0.308 e. The van der Waals surface area contributed by atoms with E-state index < -0.39 is 11.9 Å². The molecule has 5 heteroatoms. The van der Waals surface area contributed by atoms with Crippen molar-refractivity contribution in [2.24, 2.45) is 5.92 Å². The predicted molar refractivity (Wildman–Crippen MR) is 76.7 cm³/mol. The Balaban J connectivity index is 1.97. The molecule has 2 aliphatic rings. The molecule has 1 aromatic heterocycles. The highest BCUT2D eigenvalue weighted by Gasteiger charge is 2.47. The summed E-state index contributed by atoms with van der Waals surface area (Å²) in [4.78, 5) is 28.0. The quantitative estimate of drug-likeness (QED) is 0.928. The van der Waals surface area contributed by atoms with Gasteiger partial charge in [-0.15, -0.1) is 11.3 Å².